The quantitative estimate of drug-likeness (QED) is 0.0261. The van der Waals surface area contributed by atoms with Crippen molar-refractivity contribution in [1.82, 2.24) is 0 Å². The van der Waals surface area contributed by atoms with Crippen molar-refractivity contribution < 1.29 is 28.6 Å². The molecule has 0 saturated heterocycles. The van der Waals surface area contributed by atoms with Gasteiger partial charge in [0, 0.05) is 19.3 Å². The minimum Gasteiger partial charge on any atom is -0.462 e. The number of ether oxygens (including phenoxy) is 3. The molecule has 0 fully saturated rings. The van der Waals surface area contributed by atoms with Gasteiger partial charge in [-0.15, -0.1) is 0 Å². The van der Waals surface area contributed by atoms with Gasteiger partial charge >= 0.3 is 17.9 Å². The van der Waals surface area contributed by atoms with Crippen molar-refractivity contribution in [2.24, 2.45) is 0 Å². The Morgan fingerprint density at radius 3 is 0.813 bits per heavy atom. The normalized spacial score (nSPS) is 12.8. The molecule has 6 heteroatoms. The SMILES string of the molecule is CC/C=C\C/C=C\C/C=C\C/C=C\C/C=C\C/C=C\C/C=C\C/C=C\C/C=C\CCCC(=O)OCC(COC(=O)CCCCCCCCCC)OC(=O)CCCCCCCCCCCCCCCCCCCCCC. The van der Waals surface area contributed by atoms with Crippen LogP contribution in [0.3, 0.4) is 0 Å². The molecule has 0 amide bonds. The zero-order valence-corrected chi connectivity index (χ0v) is 49.0. The molecule has 0 aromatic heterocycles. The lowest BCUT2D eigenvalue weighted by Gasteiger charge is -2.18. The van der Waals surface area contributed by atoms with E-state index in [1.54, 1.807) is 0 Å². The predicted octanol–water partition coefficient (Wildman–Crippen LogP) is 21.4. The Hall–Kier alpha value is -3.93. The van der Waals surface area contributed by atoms with Gasteiger partial charge in [0.25, 0.3) is 0 Å². The van der Waals surface area contributed by atoms with E-state index in [9.17, 15) is 14.4 Å². The molecule has 0 saturated carbocycles. The van der Waals surface area contributed by atoms with Gasteiger partial charge < -0.3 is 14.2 Å². The topological polar surface area (TPSA) is 78.9 Å². The van der Waals surface area contributed by atoms with Crippen LogP contribution in [0.1, 0.15) is 290 Å². The van der Waals surface area contributed by atoms with E-state index in [4.69, 9.17) is 14.2 Å². The Kier molecular flexibility index (Phi) is 59.3. The monoisotopic (exact) mass is 1040 g/mol. The summed E-state index contributed by atoms with van der Waals surface area (Å²) in [5.41, 5.74) is 0. The molecule has 1 unspecified atom stereocenters. The molecule has 75 heavy (non-hydrogen) atoms. The first-order valence-electron chi connectivity index (χ1n) is 31.4. The number of unbranched alkanes of at least 4 members (excludes halogenated alkanes) is 27. The zero-order valence-electron chi connectivity index (χ0n) is 49.0. The van der Waals surface area contributed by atoms with Crippen LogP contribution in [0.25, 0.3) is 0 Å². The third kappa shape index (κ3) is 60.8. The summed E-state index contributed by atoms with van der Waals surface area (Å²) >= 11 is 0. The Bertz CT molecular complexity index is 1520. The van der Waals surface area contributed by atoms with Crippen LogP contribution >= 0.6 is 0 Å². The Labute approximate surface area is 463 Å². The van der Waals surface area contributed by atoms with E-state index >= 15 is 0 Å². The zero-order chi connectivity index (χ0) is 54.3. The van der Waals surface area contributed by atoms with Gasteiger partial charge in [0.05, 0.1) is 0 Å². The second-order valence-electron chi connectivity index (χ2n) is 20.6. The highest BCUT2D eigenvalue weighted by Crippen LogP contribution is 2.16. The summed E-state index contributed by atoms with van der Waals surface area (Å²) in [6, 6.07) is 0. The minimum absolute atomic E-state index is 0.0936. The van der Waals surface area contributed by atoms with Gasteiger partial charge in [0.2, 0.25) is 0 Å². The first-order valence-corrected chi connectivity index (χ1v) is 31.4. The second kappa shape index (κ2) is 62.6. The third-order valence-corrected chi connectivity index (χ3v) is 13.3. The van der Waals surface area contributed by atoms with Crippen LogP contribution in [0.2, 0.25) is 0 Å². The second-order valence-corrected chi connectivity index (χ2v) is 20.6. The summed E-state index contributed by atoms with van der Waals surface area (Å²) in [6.45, 7) is 6.47. The molecule has 0 aliphatic rings. The van der Waals surface area contributed by atoms with Crippen LogP contribution < -0.4 is 0 Å². The summed E-state index contributed by atoms with van der Waals surface area (Å²) in [5.74, 6) is -0.953. The largest absolute Gasteiger partial charge is 0.462 e. The maximum Gasteiger partial charge on any atom is 0.306 e. The van der Waals surface area contributed by atoms with Crippen molar-refractivity contribution in [3.05, 3.63) is 109 Å². The molecule has 0 N–H and O–H groups in total. The van der Waals surface area contributed by atoms with E-state index in [1.165, 1.54) is 141 Å². The van der Waals surface area contributed by atoms with Crippen molar-refractivity contribution in [2.45, 2.75) is 297 Å². The van der Waals surface area contributed by atoms with Gasteiger partial charge in [-0.1, -0.05) is 297 Å². The smallest absolute Gasteiger partial charge is 0.306 e. The molecule has 0 aliphatic carbocycles. The molecular weight excluding hydrogens is 925 g/mol. The van der Waals surface area contributed by atoms with E-state index in [1.807, 2.05) is 0 Å². The lowest BCUT2D eigenvalue weighted by atomic mass is 10.0. The molecule has 0 rings (SSSR count). The summed E-state index contributed by atoms with van der Waals surface area (Å²) in [7, 11) is 0. The number of esters is 3. The first-order chi connectivity index (χ1) is 37.0. The van der Waals surface area contributed by atoms with E-state index < -0.39 is 6.10 Å². The fourth-order valence-electron chi connectivity index (χ4n) is 8.62. The number of hydrogen-bond acceptors (Lipinski definition) is 6. The maximum atomic E-state index is 12.9. The van der Waals surface area contributed by atoms with Crippen molar-refractivity contribution in [3.63, 3.8) is 0 Å². The number of hydrogen-bond donors (Lipinski definition) is 0. The summed E-state index contributed by atoms with van der Waals surface area (Å²) < 4.78 is 16.8. The van der Waals surface area contributed by atoms with Crippen LogP contribution in [-0.2, 0) is 28.6 Å². The third-order valence-electron chi connectivity index (χ3n) is 13.3. The molecule has 0 aromatic rings. The van der Waals surface area contributed by atoms with Crippen molar-refractivity contribution in [3.8, 4) is 0 Å². The first kappa shape index (κ1) is 71.1. The molecule has 0 heterocycles. The Balaban J connectivity index is 4.30. The summed E-state index contributed by atoms with van der Waals surface area (Å²) in [4.78, 5) is 38.1. The minimum atomic E-state index is -0.799. The van der Waals surface area contributed by atoms with E-state index in [0.717, 1.165) is 103 Å². The highest BCUT2D eigenvalue weighted by atomic mass is 16.6. The van der Waals surface area contributed by atoms with Gasteiger partial charge in [-0.3, -0.25) is 14.4 Å². The van der Waals surface area contributed by atoms with E-state index in [2.05, 4.69) is 130 Å². The molecule has 0 bridgehead atoms. The van der Waals surface area contributed by atoms with Crippen LogP contribution in [-0.4, -0.2) is 37.2 Å². The molecule has 1 atom stereocenters. The van der Waals surface area contributed by atoms with Crippen molar-refractivity contribution >= 4 is 17.9 Å². The Morgan fingerprint density at radius 1 is 0.280 bits per heavy atom. The molecule has 0 aromatic carbocycles. The fraction of sp³-hybridized carbons (Fsp3) is 0.696. The fourth-order valence-corrected chi connectivity index (χ4v) is 8.62. The predicted molar refractivity (Wildman–Crippen MR) is 325 cm³/mol. The van der Waals surface area contributed by atoms with E-state index in [-0.39, 0.29) is 37.5 Å². The molecule has 428 valence electrons. The molecule has 0 aliphatic heterocycles. The highest BCUT2D eigenvalue weighted by molar-refractivity contribution is 5.71. The van der Waals surface area contributed by atoms with Gasteiger partial charge in [-0.2, -0.15) is 0 Å². The lowest BCUT2D eigenvalue weighted by Crippen LogP contribution is -2.30. The van der Waals surface area contributed by atoms with Crippen LogP contribution in [0, 0.1) is 0 Å². The van der Waals surface area contributed by atoms with Crippen LogP contribution in [0.5, 0.6) is 0 Å². The van der Waals surface area contributed by atoms with Gasteiger partial charge in [0.15, 0.2) is 6.10 Å². The average Bonchev–Trinajstić information content (AvgIpc) is 3.41. The summed E-state index contributed by atoms with van der Waals surface area (Å²) in [5, 5.41) is 0. The van der Waals surface area contributed by atoms with Gasteiger partial charge in [0.1, 0.15) is 13.2 Å². The maximum absolute atomic E-state index is 12.9. The lowest BCUT2D eigenvalue weighted by molar-refractivity contribution is -0.167. The summed E-state index contributed by atoms with van der Waals surface area (Å²) in [6.07, 6.45) is 85.4. The van der Waals surface area contributed by atoms with E-state index in [0.29, 0.717) is 19.3 Å². The number of allylic oxidation sites excluding steroid dienone is 18. The number of carbonyl (C=O) groups is 3. The molecule has 6 nitrogen and oxygen atoms in total. The van der Waals surface area contributed by atoms with Gasteiger partial charge in [-0.25, -0.2) is 0 Å². The number of rotatable bonds is 56. The standard InChI is InChI=1S/C69H116O6/c1-4-7-10-13-16-19-21-23-25-27-29-31-32-33-34-35-36-37-38-39-41-42-44-46-48-50-53-56-59-62-68(71)74-65-66(64-73-67(70)61-58-55-52-18-15-12-9-6-3)75-69(72)63-60-57-54-51-49-47-45-43-40-30-28-26-24-22-20-17-14-11-8-5-2/h7,10,16,19,23,25,29,31,33-34,36-37,39,41,44,46,50,53,66H,4-6,8-9,11-15,17-18,20-22,24,26-28,30,32,35,38,40,42-43,45,47-49,51-52,54-65H2,1-3H3/b10-7-,19-16-,25-23-,31-29-,34-33-,37-36-,41-39-,46-44-,53-50-. The molecule has 0 radical (unpaired) electrons. The highest BCUT2D eigenvalue weighted by Gasteiger charge is 2.19. The van der Waals surface area contributed by atoms with Gasteiger partial charge in [-0.05, 0) is 83.5 Å². The molecular formula is C69H116O6. The average molecular weight is 1040 g/mol. The van der Waals surface area contributed by atoms with Crippen LogP contribution in [0.4, 0.5) is 0 Å². The van der Waals surface area contributed by atoms with Crippen molar-refractivity contribution in [1.29, 1.82) is 0 Å². The molecule has 0 spiro atoms. The van der Waals surface area contributed by atoms with Crippen molar-refractivity contribution in [2.75, 3.05) is 13.2 Å². The van der Waals surface area contributed by atoms with Crippen LogP contribution in [0.15, 0.2) is 109 Å². The number of carbonyl (C=O) groups excluding carboxylic acids is 3. The Morgan fingerprint density at radius 2 is 0.520 bits per heavy atom.